The first kappa shape index (κ1) is 27.0. The number of ketones is 1. The maximum absolute atomic E-state index is 14.0. The Hall–Kier alpha value is -3.61. The first-order valence-electron chi connectivity index (χ1n) is 12.6. The lowest BCUT2D eigenvalue weighted by Crippen LogP contribution is -2.32. The topological polar surface area (TPSA) is 47.6 Å². The van der Waals surface area contributed by atoms with E-state index in [4.69, 9.17) is 21.1 Å². The van der Waals surface area contributed by atoms with Crippen LogP contribution in [-0.4, -0.2) is 18.4 Å². The number of benzene rings is 3. The van der Waals surface area contributed by atoms with Crippen LogP contribution in [0.15, 0.2) is 66.1 Å². The van der Waals surface area contributed by atoms with Gasteiger partial charge in [0.15, 0.2) is 0 Å². The second-order valence-electron chi connectivity index (χ2n) is 10.2. The van der Waals surface area contributed by atoms with Crippen LogP contribution < -0.4 is 14.8 Å². The summed E-state index contributed by atoms with van der Waals surface area (Å²) in [5, 5.41) is 5.83. The van der Waals surface area contributed by atoms with Crippen LogP contribution in [0.2, 0.25) is 5.02 Å². The number of carbonyl (C=O) groups excluding carboxylic acids is 1. The van der Waals surface area contributed by atoms with E-state index in [0.29, 0.717) is 27.0 Å². The van der Waals surface area contributed by atoms with Gasteiger partial charge in [0.2, 0.25) is 5.78 Å². The minimum Gasteiger partial charge on any atom is -0.496 e. The lowest BCUT2D eigenvalue weighted by Gasteiger charge is -2.33. The van der Waals surface area contributed by atoms with E-state index in [0.717, 1.165) is 39.1 Å². The van der Waals surface area contributed by atoms with Crippen LogP contribution in [-0.2, 0) is 6.61 Å². The molecule has 0 atom stereocenters. The number of thiophene rings is 1. The Morgan fingerprint density at radius 3 is 2.51 bits per heavy atom. The Bertz CT molecular complexity index is 1620. The van der Waals surface area contributed by atoms with E-state index >= 15 is 0 Å². The maximum atomic E-state index is 14.0. The average molecular weight is 562 g/mol. The quantitative estimate of drug-likeness (QED) is 0.229. The van der Waals surface area contributed by atoms with Gasteiger partial charge in [0, 0.05) is 34.0 Å². The van der Waals surface area contributed by atoms with Crippen molar-refractivity contribution in [3.63, 3.8) is 0 Å². The minimum absolute atomic E-state index is 0.152. The van der Waals surface area contributed by atoms with Gasteiger partial charge >= 0.3 is 0 Å². The van der Waals surface area contributed by atoms with Gasteiger partial charge in [-0.05, 0) is 80.1 Å². The highest BCUT2D eigenvalue weighted by molar-refractivity contribution is 7.13. The van der Waals surface area contributed by atoms with Gasteiger partial charge in [0.05, 0.1) is 22.5 Å². The standard InChI is InChI=1S/C32H29ClFNO3S/c1-18-6-8-21(34)15-27(18)38-17-24-22(10-11-26-29(24)19(2)16-32(3,4)35-26)23-9-7-20(14-28(23)37-5)30(36)31-25(33)12-13-39-31/h6-16,35H,17H2,1-5H3. The van der Waals surface area contributed by atoms with Crippen LogP contribution in [0, 0.1) is 12.7 Å². The van der Waals surface area contributed by atoms with E-state index in [1.165, 1.54) is 23.5 Å². The number of methoxy groups -OCH3 is 1. The van der Waals surface area contributed by atoms with Crippen molar-refractivity contribution in [1.82, 2.24) is 0 Å². The van der Waals surface area contributed by atoms with Crippen LogP contribution in [0.4, 0.5) is 10.1 Å². The fraction of sp³-hybridized carbons (Fsp3) is 0.219. The first-order valence-corrected chi connectivity index (χ1v) is 13.8. The Labute approximate surface area is 237 Å². The smallest absolute Gasteiger partial charge is 0.204 e. The summed E-state index contributed by atoms with van der Waals surface area (Å²) in [4.78, 5) is 13.6. The molecule has 4 nitrogen and oxygen atoms in total. The molecule has 1 aliphatic rings. The zero-order valence-electron chi connectivity index (χ0n) is 22.4. The van der Waals surface area contributed by atoms with Crippen molar-refractivity contribution in [2.45, 2.75) is 39.8 Å². The predicted octanol–water partition coefficient (Wildman–Crippen LogP) is 8.94. The monoisotopic (exact) mass is 561 g/mol. The molecule has 0 saturated heterocycles. The number of nitrogens with one attached hydrogen (secondary N) is 1. The molecule has 7 heteroatoms. The largest absolute Gasteiger partial charge is 0.496 e. The first-order chi connectivity index (χ1) is 18.6. The number of aryl methyl sites for hydroxylation is 1. The van der Waals surface area contributed by atoms with E-state index in [9.17, 15) is 9.18 Å². The fourth-order valence-corrected chi connectivity index (χ4v) is 6.23. The minimum atomic E-state index is -0.349. The molecule has 0 unspecified atom stereocenters. The lowest BCUT2D eigenvalue weighted by molar-refractivity contribution is 0.104. The fourth-order valence-electron chi connectivity index (χ4n) is 5.12. The molecule has 0 spiro atoms. The molecule has 3 aromatic carbocycles. The van der Waals surface area contributed by atoms with Crippen LogP contribution in [0.25, 0.3) is 16.7 Å². The number of rotatable bonds is 7. The molecule has 39 heavy (non-hydrogen) atoms. The number of carbonyl (C=O) groups is 1. The average Bonchev–Trinajstić information content (AvgIpc) is 3.33. The Balaban J connectivity index is 1.63. The summed E-state index contributed by atoms with van der Waals surface area (Å²) in [6.07, 6.45) is 2.19. The zero-order chi connectivity index (χ0) is 27.9. The van der Waals surface area contributed by atoms with E-state index < -0.39 is 0 Å². The van der Waals surface area contributed by atoms with Crippen LogP contribution in [0.5, 0.6) is 11.5 Å². The molecule has 0 aliphatic carbocycles. The predicted molar refractivity (Wildman–Crippen MR) is 158 cm³/mol. The zero-order valence-corrected chi connectivity index (χ0v) is 24.0. The molecule has 1 aliphatic heterocycles. The van der Waals surface area contributed by atoms with Crippen molar-refractivity contribution in [2.24, 2.45) is 0 Å². The van der Waals surface area contributed by atoms with Crippen molar-refractivity contribution >= 4 is 40.0 Å². The Morgan fingerprint density at radius 1 is 1.03 bits per heavy atom. The highest BCUT2D eigenvalue weighted by atomic mass is 35.5. The molecule has 200 valence electrons. The summed E-state index contributed by atoms with van der Waals surface area (Å²) in [7, 11) is 1.59. The van der Waals surface area contributed by atoms with Crippen molar-refractivity contribution < 1.29 is 18.7 Å². The molecule has 2 heterocycles. The van der Waals surface area contributed by atoms with E-state index in [2.05, 4.69) is 38.2 Å². The number of fused-ring (bicyclic) bond motifs is 1. The third-order valence-corrected chi connectivity index (χ3v) is 8.18. The van der Waals surface area contributed by atoms with E-state index in [1.807, 2.05) is 19.1 Å². The van der Waals surface area contributed by atoms with Gasteiger partial charge < -0.3 is 14.8 Å². The van der Waals surface area contributed by atoms with Gasteiger partial charge in [-0.25, -0.2) is 4.39 Å². The molecule has 4 aromatic rings. The number of ether oxygens (including phenoxy) is 2. The highest BCUT2D eigenvalue weighted by Gasteiger charge is 2.27. The third kappa shape index (κ3) is 5.32. The summed E-state index contributed by atoms with van der Waals surface area (Å²) in [6, 6.07) is 15.8. The second kappa shape index (κ2) is 10.5. The molecular formula is C32H29ClFNO3S. The van der Waals surface area contributed by atoms with Crippen molar-refractivity contribution in [2.75, 3.05) is 12.4 Å². The molecule has 5 rings (SSSR count). The third-order valence-electron chi connectivity index (χ3n) is 6.84. The van der Waals surface area contributed by atoms with Gasteiger partial charge in [-0.1, -0.05) is 35.9 Å². The summed E-state index contributed by atoms with van der Waals surface area (Å²) in [5.74, 6) is 0.547. The van der Waals surface area contributed by atoms with Gasteiger partial charge in [-0.15, -0.1) is 11.3 Å². The van der Waals surface area contributed by atoms with Gasteiger partial charge in [-0.2, -0.15) is 0 Å². The van der Waals surface area contributed by atoms with Crippen LogP contribution in [0.3, 0.4) is 0 Å². The number of halogens is 2. The molecule has 0 amide bonds. The van der Waals surface area contributed by atoms with Crippen molar-refractivity contribution in [1.29, 1.82) is 0 Å². The van der Waals surface area contributed by atoms with Crippen LogP contribution >= 0.6 is 22.9 Å². The number of hydrogen-bond acceptors (Lipinski definition) is 5. The number of allylic oxidation sites excluding steroid dienone is 1. The normalized spacial score (nSPS) is 13.8. The van der Waals surface area contributed by atoms with Gasteiger partial charge in [0.1, 0.15) is 23.9 Å². The van der Waals surface area contributed by atoms with E-state index in [1.54, 1.807) is 36.8 Å². The van der Waals surface area contributed by atoms with Gasteiger partial charge in [0.25, 0.3) is 0 Å². The van der Waals surface area contributed by atoms with Crippen LogP contribution in [0.1, 0.15) is 52.7 Å². The lowest BCUT2D eigenvalue weighted by atomic mass is 9.85. The van der Waals surface area contributed by atoms with Crippen molar-refractivity contribution in [3.05, 3.63) is 104 Å². The summed E-state index contributed by atoms with van der Waals surface area (Å²) in [5.41, 5.74) is 6.94. The summed E-state index contributed by atoms with van der Waals surface area (Å²) in [6.45, 7) is 8.44. The molecule has 0 saturated carbocycles. The Morgan fingerprint density at radius 2 is 1.79 bits per heavy atom. The molecule has 1 N–H and O–H groups in total. The molecule has 0 bridgehead atoms. The van der Waals surface area contributed by atoms with Gasteiger partial charge in [-0.3, -0.25) is 4.79 Å². The van der Waals surface area contributed by atoms with Crippen molar-refractivity contribution in [3.8, 4) is 22.6 Å². The summed E-state index contributed by atoms with van der Waals surface area (Å²) >= 11 is 7.54. The van der Waals surface area contributed by atoms with E-state index in [-0.39, 0.29) is 23.7 Å². The molecule has 1 aromatic heterocycles. The highest BCUT2D eigenvalue weighted by Crippen LogP contribution is 2.43. The number of anilines is 1. The molecular weight excluding hydrogens is 533 g/mol. The molecule has 0 radical (unpaired) electrons. The number of hydrogen-bond donors (Lipinski definition) is 1. The Kier molecular flexibility index (Phi) is 7.27. The SMILES string of the molecule is COc1cc(C(=O)c2sccc2Cl)ccc1-c1ccc2c(c1COc1cc(F)ccc1C)C(C)=CC(C)(C)N2. The molecule has 0 fully saturated rings. The summed E-state index contributed by atoms with van der Waals surface area (Å²) < 4.78 is 26.0. The maximum Gasteiger partial charge on any atom is 0.204 e. The second-order valence-corrected chi connectivity index (χ2v) is 11.6.